The minimum absolute atomic E-state index is 0.0383. The Kier molecular flexibility index (Phi) is 6.94. The van der Waals surface area contributed by atoms with E-state index in [1.54, 1.807) is 36.3 Å². The molecule has 1 saturated heterocycles. The van der Waals surface area contributed by atoms with Gasteiger partial charge in [0.2, 0.25) is 5.91 Å². The molecule has 7 heteroatoms. The zero-order valence-electron chi connectivity index (χ0n) is 14.5. The lowest BCUT2D eigenvalue weighted by Gasteiger charge is -2.30. The van der Waals surface area contributed by atoms with Crippen LogP contribution in [0.1, 0.15) is 28.8 Å². The molecule has 2 rings (SSSR count). The van der Waals surface area contributed by atoms with Gasteiger partial charge in [-0.05, 0) is 31.4 Å². The molecule has 2 amide bonds. The van der Waals surface area contributed by atoms with Crippen molar-refractivity contribution in [1.82, 2.24) is 9.80 Å². The number of piperidine rings is 1. The maximum absolute atomic E-state index is 12.8. The SMILES string of the molecule is COCCN(CC(=O)N1CC[CH]CC1)C(=O)c1ccc(C(=N)N)cc1. The predicted octanol–water partition coefficient (Wildman–Crippen LogP) is 0.886. The average molecular weight is 345 g/mol. The van der Waals surface area contributed by atoms with Crippen LogP contribution in [0.4, 0.5) is 0 Å². The van der Waals surface area contributed by atoms with E-state index in [0.29, 0.717) is 37.4 Å². The van der Waals surface area contributed by atoms with Crippen LogP contribution in [0, 0.1) is 11.8 Å². The van der Waals surface area contributed by atoms with Crippen molar-refractivity contribution in [2.75, 3.05) is 39.9 Å². The zero-order chi connectivity index (χ0) is 18.2. The molecule has 1 aliphatic heterocycles. The number of benzene rings is 1. The first-order valence-electron chi connectivity index (χ1n) is 8.35. The summed E-state index contributed by atoms with van der Waals surface area (Å²) in [5.74, 6) is -0.325. The van der Waals surface area contributed by atoms with Crippen LogP contribution in [0.15, 0.2) is 24.3 Å². The molecule has 0 aromatic heterocycles. The highest BCUT2D eigenvalue weighted by atomic mass is 16.5. The van der Waals surface area contributed by atoms with Crippen molar-refractivity contribution < 1.29 is 14.3 Å². The zero-order valence-corrected chi connectivity index (χ0v) is 14.5. The van der Waals surface area contributed by atoms with Gasteiger partial charge in [0.1, 0.15) is 12.4 Å². The summed E-state index contributed by atoms with van der Waals surface area (Å²) in [6, 6.07) is 6.51. The molecule has 0 spiro atoms. The highest BCUT2D eigenvalue weighted by Crippen LogP contribution is 2.11. The normalized spacial score (nSPS) is 14.2. The third-order valence-electron chi connectivity index (χ3n) is 4.18. The lowest BCUT2D eigenvalue weighted by atomic mass is 10.1. The molecule has 25 heavy (non-hydrogen) atoms. The second-order valence-electron chi connectivity index (χ2n) is 5.96. The topological polar surface area (TPSA) is 99.7 Å². The van der Waals surface area contributed by atoms with Crippen molar-refractivity contribution in [2.24, 2.45) is 5.73 Å². The molecule has 0 bridgehead atoms. The second kappa shape index (κ2) is 9.17. The number of methoxy groups -OCH3 is 1. The predicted molar refractivity (Wildman–Crippen MR) is 95.4 cm³/mol. The summed E-state index contributed by atoms with van der Waals surface area (Å²) in [7, 11) is 1.56. The molecule has 0 atom stereocenters. The number of hydrogen-bond acceptors (Lipinski definition) is 4. The first-order valence-corrected chi connectivity index (χ1v) is 8.35. The molecule has 1 fully saturated rings. The Morgan fingerprint density at radius 3 is 2.36 bits per heavy atom. The van der Waals surface area contributed by atoms with E-state index in [2.05, 4.69) is 6.42 Å². The molecule has 0 aliphatic carbocycles. The van der Waals surface area contributed by atoms with E-state index >= 15 is 0 Å². The van der Waals surface area contributed by atoms with Crippen LogP contribution in [0.3, 0.4) is 0 Å². The summed E-state index contributed by atoms with van der Waals surface area (Å²) in [6.07, 6.45) is 3.96. The Balaban J connectivity index is 2.07. The lowest BCUT2D eigenvalue weighted by molar-refractivity contribution is -0.132. The molecule has 0 saturated carbocycles. The summed E-state index contributed by atoms with van der Waals surface area (Å²) in [6.45, 7) is 2.15. The van der Waals surface area contributed by atoms with E-state index in [9.17, 15) is 9.59 Å². The van der Waals surface area contributed by atoms with Gasteiger partial charge >= 0.3 is 0 Å². The molecule has 1 heterocycles. The fourth-order valence-electron chi connectivity index (χ4n) is 2.69. The minimum atomic E-state index is -0.232. The van der Waals surface area contributed by atoms with E-state index in [-0.39, 0.29) is 24.2 Å². The molecule has 135 valence electrons. The second-order valence-corrected chi connectivity index (χ2v) is 5.96. The minimum Gasteiger partial charge on any atom is -0.384 e. The Morgan fingerprint density at radius 2 is 1.80 bits per heavy atom. The molecule has 1 aliphatic rings. The summed E-state index contributed by atoms with van der Waals surface area (Å²) in [5.41, 5.74) is 6.45. The number of nitrogens with one attached hydrogen (secondary N) is 1. The van der Waals surface area contributed by atoms with Gasteiger partial charge in [0, 0.05) is 37.9 Å². The van der Waals surface area contributed by atoms with Crippen molar-refractivity contribution in [3.63, 3.8) is 0 Å². The van der Waals surface area contributed by atoms with Crippen molar-refractivity contribution in [2.45, 2.75) is 12.8 Å². The maximum atomic E-state index is 12.8. The molecule has 0 unspecified atom stereocenters. The lowest BCUT2D eigenvalue weighted by Crippen LogP contribution is -2.45. The number of hydrogen-bond donors (Lipinski definition) is 2. The van der Waals surface area contributed by atoms with Gasteiger partial charge < -0.3 is 20.3 Å². The standard InChI is InChI=1S/C18H25N4O3/c1-25-12-11-22(13-16(23)21-9-3-2-4-10-21)18(24)15-7-5-14(6-8-15)17(19)20/h2,5-8H,3-4,9-13H2,1H3,(H3,19,20). The van der Waals surface area contributed by atoms with Crippen LogP contribution in [-0.2, 0) is 9.53 Å². The quantitative estimate of drug-likeness (QED) is 0.566. The highest BCUT2D eigenvalue weighted by Gasteiger charge is 2.23. The van der Waals surface area contributed by atoms with Gasteiger partial charge in [0.15, 0.2) is 0 Å². The van der Waals surface area contributed by atoms with Gasteiger partial charge in [-0.3, -0.25) is 15.0 Å². The average Bonchev–Trinajstić information content (AvgIpc) is 2.65. The van der Waals surface area contributed by atoms with Gasteiger partial charge in [-0.15, -0.1) is 0 Å². The van der Waals surface area contributed by atoms with E-state index in [4.69, 9.17) is 15.9 Å². The number of nitrogen functional groups attached to an aromatic ring is 1. The number of amides is 2. The number of carbonyl (C=O) groups is 2. The fourth-order valence-corrected chi connectivity index (χ4v) is 2.69. The van der Waals surface area contributed by atoms with E-state index < -0.39 is 0 Å². The molecule has 1 aromatic rings. The molecule has 7 nitrogen and oxygen atoms in total. The van der Waals surface area contributed by atoms with Gasteiger partial charge in [0.25, 0.3) is 5.91 Å². The van der Waals surface area contributed by atoms with Gasteiger partial charge in [-0.2, -0.15) is 0 Å². The number of amidine groups is 1. The third-order valence-corrected chi connectivity index (χ3v) is 4.18. The van der Waals surface area contributed by atoms with Crippen molar-refractivity contribution in [3.8, 4) is 0 Å². The highest BCUT2D eigenvalue weighted by molar-refractivity contribution is 5.99. The summed E-state index contributed by atoms with van der Waals surface area (Å²) < 4.78 is 5.07. The van der Waals surface area contributed by atoms with Gasteiger partial charge in [-0.25, -0.2) is 0 Å². The molecular formula is C18H25N4O3. The molecule has 1 radical (unpaired) electrons. The number of rotatable bonds is 7. The Morgan fingerprint density at radius 1 is 1.20 bits per heavy atom. The van der Waals surface area contributed by atoms with E-state index in [0.717, 1.165) is 12.8 Å². The van der Waals surface area contributed by atoms with Crippen LogP contribution >= 0.6 is 0 Å². The Hall–Kier alpha value is -2.41. The number of likely N-dealkylation sites (tertiary alicyclic amines) is 1. The maximum Gasteiger partial charge on any atom is 0.254 e. The monoisotopic (exact) mass is 345 g/mol. The van der Waals surface area contributed by atoms with Crippen molar-refractivity contribution >= 4 is 17.6 Å². The number of ether oxygens (including phenoxy) is 1. The van der Waals surface area contributed by atoms with Gasteiger partial charge in [0.05, 0.1) is 6.61 Å². The molecule has 3 N–H and O–H groups in total. The number of carbonyl (C=O) groups excluding carboxylic acids is 2. The molecule has 1 aromatic carbocycles. The fraction of sp³-hybridized carbons (Fsp3) is 0.444. The Bertz CT molecular complexity index is 609. The number of nitrogens with two attached hydrogens (primary N) is 1. The third kappa shape index (κ3) is 5.29. The van der Waals surface area contributed by atoms with Crippen LogP contribution in [0.25, 0.3) is 0 Å². The summed E-state index contributed by atoms with van der Waals surface area (Å²) in [4.78, 5) is 28.5. The van der Waals surface area contributed by atoms with E-state index in [1.807, 2.05) is 0 Å². The smallest absolute Gasteiger partial charge is 0.254 e. The first-order chi connectivity index (χ1) is 12.0. The van der Waals surface area contributed by atoms with E-state index in [1.165, 1.54) is 4.90 Å². The Labute approximate surface area is 148 Å². The first kappa shape index (κ1) is 18.9. The van der Waals surface area contributed by atoms with Crippen LogP contribution in [0.5, 0.6) is 0 Å². The van der Waals surface area contributed by atoms with Crippen LogP contribution in [0.2, 0.25) is 0 Å². The van der Waals surface area contributed by atoms with Crippen molar-refractivity contribution in [1.29, 1.82) is 5.41 Å². The summed E-state index contributed by atoms with van der Waals surface area (Å²) >= 11 is 0. The van der Waals surface area contributed by atoms with Crippen LogP contribution < -0.4 is 5.73 Å². The van der Waals surface area contributed by atoms with Crippen LogP contribution in [-0.4, -0.2) is 67.3 Å². The van der Waals surface area contributed by atoms with Gasteiger partial charge in [-0.1, -0.05) is 12.1 Å². The summed E-state index contributed by atoms with van der Waals surface area (Å²) in [5, 5.41) is 7.41. The van der Waals surface area contributed by atoms with Crippen molar-refractivity contribution in [3.05, 3.63) is 41.8 Å². The molecular weight excluding hydrogens is 320 g/mol. The number of nitrogens with zero attached hydrogens (tertiary/aromatic N) is 2. The largest absolute Gasteiger partial charge is 0.384 e.